The van der Waals surface area contributed by atoms with E-state index in [0.717, 1.165) is 24.3 Å². The Kier molecular flexibility index (Phi) is 5.56. The number of carbonyl (C=O) groups excluding carboxylic acids is 1. The van der Waals surface area contributed by atoms with Crippen molar-refractivity contribution in [3.05, 3.63) is 58.9 Å². The number of nitrogens with one attached hydrogen (secondary N) is 1. The molecular weight excluding hydrogens is 341 g/mol. The van der Waals surface area contributed by atoms with Gasteiger partial charge in [-0.05, 0) is 36.8 Å². The molecule has 1 heterocycles. The summed E-state index contributed by atoms with van der Waals surface area (Å²) in [5.41, 5.74) is 2.23. The van der Waals surface area contributed by atoms with Crippen LogP contribution in [0.25, 0.3) is 0 Å². The van der Waals surface area contributed by atoms with E-state index in [1.165, 1.54) is 6.07 Å². The minimum atomic E-state index is -0.204. The molecule has 132 valence electrons. The van der Waals surface area contributed by atoms with Crippen molar-refractivity contribution in [3.8, 4) is 0 Å². The molecule has 2 aromatic carbocycles. The van der Waals surface area contributed by atoms with E-state index in [1.807, 2.05) is 30.0 Å². The highest BCUT2D eigenvalue weighted by molar-refractivity contribution is 6.31. The molecule has 0 bridgehead atoms. The Labute approximate surface area is 152 Å². The Balaban J connectivity index is 1.53. The first-order chi connectivity index (χ1) is 12.0. The summed E-state index contributed by atoms with van der Waals surface area (Å²) in [6.07, 6.45) is 0. The average molecular weight is 362 g/mol. The molecule has 3 rings (SSSR count). The van der Waals surface area contributed by atoms with E-state index in [9.17, 15) is 9.18 Å². The number of amides is 1. The SMILES string of the molecule is Cc1c(Cl)cccc1NC(=O)CN1CCN(c2ccccc2F)CC1. The predicted octanol–water partition coefficient (Wildman–Crippen LogP) is 3.55. The Morgan fingerprint density at radius 2 is 1.84 bits per heavy atom. The Bertz CT molecular complexity index is 760. The second-order valence-corrected chi connectivity index (χ2v) is 6.58. The lowest BCUT2D eigenvalue weighted by molar-refractivity contribution is -0.117. The molecule has 0 atom stereocenters. The monoisotopic (exact) mass is 361 g/mol. The third-order valence-electron chi connectivity index (χ3n) is 4.47. The van der Waals surface area contributed by atoms with Crippen LogP contribution in [0.1, 0.15) is 5.56 Å². The van der Waals surface area contributed by atoms with Crippen molar-refractivity contribution in [2.24, 2.45) is 0 Å². The van der Waals surface area contributed by atoms with Crippen LogP contribution in [0.4, 0.5) is 15.8 Å². The van der Waals surface area contributed by atoms with Crippen LogP contribution in [0.3, 0.4) is 0 Å². The molecule has 1 fully saturated rings. The van der Waals surface area contributed by atoms with Crippen LogP contribution in [0, 0.1) is 12.7 Å². The third kappa shape index (κ3) is 4.30. The van der Waals surface area contributed by atoms with Crippen molar-refractivity contribution in [1.82, 2.24) is 4.90 Å². The summed E-state index contributed by atoms with van der Waals surface area (Å²) in [6.45, 7) is 5.03. The van der Waals surface area contributed by atoms with E-state index >= 15 is 0 Å². The van der Waals surface area contributed by atoms with Crippen LogP contribution in [0.15, 0.2) is 42.5 Å². The normalized spacial score (nSPS) is 15.2. The van der Waals surface area contributed by atoms with E-state index in [1.54, 1.807) is 18.2 Å². The van der Waals surface area contributed by atoms with E-state index in [0.29, 0.717) is 30.3 Å². The second kappa shape index (κ2) is 7.85. The number of anilines is 2. The van der Waals surface area contributed by atoms with Crippen molar-refractivity contribution in [2.75, 3.05) is 42.9 Å². The number of rotatable bonds is 4. The van der Waals surface area contributed by atoms with Crippen LogP contribution < -0.4 is 10.2 Å². The molecule has 0 aromatic heterocycles. The first kappa shape index (κ1) is 17.7. The minimum Gasteiger partial charge on any atom is -0.367 e. The molecule has 1 aliphatic rings. The van der Waals surface area contributed by atoms with Crippen LogP contribution in [0.2, 0.25) is 5.02 Å². The van der Waals surface area contributed by atoms with Gasteiger partial charge in [-0.3, -0.25) is 9.69 Å². The summed E-state index contributed by atoms with van der Waals surface area (Å²) in [7, 11) is 0. The maximum absolute atomic E-state index is 13.9. The molecule has 0 aliphatic carbocycles. The zero-order chi connectivity index (χ0) is 17.8. The number of piperazine rings is 1. The fourth-order valence-corrected chi connectivity index (χ4v) is 3.17. The summed E-state index contributed by atoms with van der Waals surface area (Å²) in [4.78, 5) is 16.4. The topological polar surface area (TPSA) is 35.6 Å². The van der Waals surface area contributed by atoms with Crippen molar-refractivity contribution in [1.29, 1.82) is 0 Å². The molecule has 0 spiro atoms. The van der Waals surface area contributed by atoms with Gasteiger partial charge in [0.25, 0.3) is 0 Å². The molecule has 6 heteroatoms. The van der Waals surface area contributed by atoms with Crippen molar-refractivity contribution in [3.63, 3.8) is 0 Å². The number of hydrogen-bond acceptors (Lipinski definition) is 3. The highest BCUT2D eigenvalue weighted by Gasteiger charge is 2.21. The number of para-hydroxylation sites is 1. The largest absolute Gasteiger partial charge is 0.367 e. The molecule has 0 radical (unpaired) electrons. The highest BCUT2D eigenvalue weighted by atomic mass is 35.5. The van der Waals surface area contributed by atoms with Crippen LogP contribution >= 0.6 is 11.6 Å². The molecule has 2 aromatic rings. The standard InChI is InChI=1S/C19H21ClFN3O/c1-14-15(20)5-4-7-17(14)22-19(25)13-23-9-11-24(12-10-23)18-8-3-2-6-16(18)21/h2-8H,9-13H2,1H3,(H,22,25). The predicted molar refractivity (Wildman–Crippen MR) is 99.9 cm³/mol. The van der Waals surface area contributed by atoms with Crippen molar-refractivity contribution < 1.29 is 9.18 Å². The number of hydrogen-bond donors (Lipinski definition) is 1. The van der Waals surface area contributed by atoms with Crippen molar-refractivity contribution >= 4 is 28.9 Å². The number of nitrogens with zero attached hydrogens (tertiary/aromatic N) is 2. The lowest BCUT2D eigenvalue weighted by Gasteiger charge is -2.35. The molecule has 1 N–H and O–H groups in total. The van der Waals surface area contributed by atoms with E-state index < -0.39 is 0 Å². The maximum Gasteiger partial charge on any atom is 0.238 e. The van der Waals surface area contributed by atoms with Crippen molar-refractivity contribution in [2.45, 2.75) is 6.92 Å². The third-order valence-corrected chi connectivity index (χ3v) is 4.88. The van der Waals surface area contributed by atoms with Gasteiger partial charge < -0.3 is 10.2 Å². The average Bonchev–Trinajstić information content (AvgIpc) is 2.60. The van der Waals surface area contributed by atoms with Crippen LogP contribution in [-0.2, 0) is 4.79 Å². The molecule has 4 nitrogen and oxygen atoms in total. The number of halogens is 2. The lowest BCUT2D eigenvalue weighted by Crippen LogP contribution is -2.48. The first-order valence-electron chi connectivity index (χ1n) is 8.31. The molecule has 1 saturated heterocycles. The van der Waals surface area contributed by atoms with Crippen LogP contribution in [-0.4, -0.2) is 43.5 Å². The van der Waals surface area contributed by atoms with Gasteiger partial charge in [0.15, 0.2) is 0 Å². The van der Waals surface area contributed by atoms with Gasteiger partial charge in [-0.1, -0.05) is 29.8 Å². The summed E-state index contributed by atoms with van der Waals surface area (Å²) in [5, 5.41) is 3.55. The second-order valence-electron chi connectivity index (χ2n) is 6.18. The zero-order valence-electron chi connectivity index (χ0n) is 14.1. The Morgan fingerprint density at radius 3 is 2.56 bits per heavy atom. The molecule has 1 amide bonds. The molecule has 25 heavy (non-hydrogen) atoms. The van der Waals surface area contributed by atoms with Gasteiger partial charge in [0.2, 0.25) is 5.91 Å². The fraction of sp³-hybridized carbons (Fsp3) is 0.316. The van der Waals surface area contributed by atoms with Crippen LogP contribution in [0.5, 0.6) is 0 Å². The minimum absolute atomic E-state index is 0.0651. The Morgan fingerprint density at radius 1 is 1.12 bits per heavy atom. The summed E-state index contributed by atoms with van der Waals surface area (Å²) >= 11 is 6.08. The van der Waals surface area contributed by atoms with E-state index in [-0.39, 0.29) is 11.7 Å². The number of carbonyl (C=O) groups is 1. The molecule has 0 unspecified atom stereocenters. The molecular formula is C19H21ClFN3O. The van der Waals surface area contributed by atoms with Gasteiger partial charge in [0.05, 0.1) is 12.2 Å². The number of benzene rings is 2. The fourth-order valence-electron chi connectivity index (χ4n) is 2.99. The maximum atomic E-state index is 13.9. The van der Waals surface area contributed by atoms with Gasteiger partial charge in [0.1, 0.15) is 5.82 Å². The summed E-state index contributed by atoms with van der Waals surface area (Å²) < 4.78 is 13.9. The van der Waals surface area contributed by atoms with E-state index in [2.05, 4.69) is 10.2 Å². The van der Waals surface area contributed by atoms with Gasteiger partial charge >= 0.3 is 0 Å². The lowest BCUT2D eigenvalue weighted by atomic mass is 10.2. The molecule has 1 aliphatic heterocycles. The first-order valence-corrected chi connectivity index (χ1v) is 8.69. The summed E-state index contributed by atoms with van der Waals surface area (Å²) in [5.74, 6) is -0.269. The Hall–Kier alpha value is -2.11. The van der Waals surface area contributed by atoms with Gasteiger partial charge in [-0.15, -0.1) is 0 Å². The quantitative estimate of drug-likeness (QED) is 0.904. The van der Waals surface area contributed by atoms with Gasteiger partial charge in [-0.2, -0.15) is 0 Å². The summed E-state index contributed by atoms with van der Waals surface area (Å²) in [6, 6.07) is 12.3. The van der Waals surface area contributed by atoms with Gasteiger partial charge in [-0.25, -0.2) is 4.39 Å². The smallest absolute Gasteiger partial charge is 0.238 e. The molecule has 0 saturated carbocycles. The highest BCUT2D eigenvalue weighted by Crippen LogP contribution is 2.23. The van der Waals surface area contributed by atoms with Gasteiger partial charge in [0, 0.05) is 36.9 Å². The zero-order valence-corrected chi connectivity index (χ0v) is 14.9. The van der Waals surface area contributed by atoms with E-state index in [4.69, 9.17) is 11.6 Å².